The number of aromatic nitrogens is 3. The molecule has 46 heteroatoms. The lowest BCUT2D eigenvalue weighted by atomic mass is 10.1. The van der Waals surface area contributed by atoms with Crippen LogP contribution in [0.4, 0.5) is 0 Å². The molecule has 0 fully saturated rings. The van der Waals surface area contributed by atoms with Crippen molar-refractivity contribution in [2.45, 2.75) is 73.0 Å². The van der Waals surface area contributed by atoms with Crippen molar-refractivity contribution in [1.29, 1.82) is 0 Å². The number of ether oxygens (including phenoxy) is 40. The van der Waals surface area contributed by atoms with E-state index in [9.17, 15) is 9.59 Å². The van der Waals surface area contributed by atoms with Crippen molar-refractivity contribution in [3.63, 3.8) is 0 Å². The topological polar surface area (TPSA) is 446 Å². The number of carbonyl (C=O) groups excluding carboxylic acids is 2. The molecule has 850 valence electrons. The molecular formula is C97H190N4O42. The highest BCUT2D eigenvalue weighted by molar-refractivity contribution is 5.80. The molecule has 0 aliphatic rings. The van der Waals surface area contributed by atoms with E-state index in [1.165, 1.54) is 12.8 Å². The number of hydrogen-bond donors (Lipinski definition) is 1. The monoisotopic (exact) mass is 2080 g/mol. The Balaban J connectivity index is 1.59. The van der Waals surface area contributed by atoms with Crippen LogP contribution < -0.4 is 5.32 Å². The van der Waals surface area contributed by atoms with Gasteiger partial charge < -0.3 is 195 Å². The van der Waals surface area contributed by atoms with Gasteiger partial charge in [-0.2, -0.15) is 0 Å². The van der Waals surface area contributed by atoms with Gasteiger partial charge in [0.1, 0.15) is 11.5 Å². The quantitative estimate of drug-likeness (QED) is 0.0913. The maximum absolute atomic E-state index is 12.1. The summed E-state index contributed by atoms with van der Waals surface area (Å²) in [7, 11) is 0. The maximum atomic E-state index is 12.1. The molecule has 1 N–H and O–H groups in total. The Morgan fingerprint density at radius 3 is 0.552 bits per heavy atom. The Morgan fingerprint density at radius 1 is 0.217 bits per heavy atom. The number of ketones is 1. The summed E-state index contributed by atoms with van der Waals surface area (Å²) in [5, 5.41) is 11.2. The summed E-state index contributed by atoms with van der Waals surface area (Å²) in [5.41, 5.74) is 0.818. The standard InChI is InChI=1S/C97H190N4O42/c1-93(2)7-5-6-11-101-91-95(99-100-101)92-143-90-89-142-88-87-108-19-16-105-13-9-97(103)98-10-14-106-17-20-109-22-24-111-26-28-113-30-32-115-34-36-117-38-40-119-42-44-121-46-48-123-50-52-125-54-56-127-58-60-129-62-64-131-66-68-133-70-72-135-74-76-137-78-80-139-82-84-141-86-85-140-83-81-138-79-77-136-75-73-134-71-69-132-67-65-130-63-61-128-59-57-126-55-53-124-51-49-122-47-45-120-43-41-118-39-37-116-35-33-114-31-29-112-27-25-110-23-21-107-18-15-104-12-8-96(102)94(3)4/h91,93-94H,5-90,92H2,1-4H3,(H,98,103). The van der Waals surface area contributed by atoms with E-state index in [0.29, 0.717) is 542 Å². The van der Waals surface area contributed by atoms with E-state index in [2.05, 4.69) is 29.5 Å². The van der Waals surface area contributed by atoms with Gasteiger partial charge in [-0.25, -0.2) is 0 Å². The highest BCUT2D eigenvalue weighted by Gasteiger charge is 2.11. The van der Waals surface area contributed by atoms with Crippen molar-refractivity contribution in [3.8, 4) is 0 Å². The second-order valence-corrected chi connectivity index (χ2v) is 31.3. The minimum absolute atomic E-state index is 0.0462. The Labute approximate surface area is 852 Å². The van der Waals surface area contributed by atoms with E-state index < -0.39 is 0 Å². The predicted octanol–water partition coefficient (Wildman–Crippen LogP) is 3.39. The summed E-state index contributed by atoms with van der Waals surface area (Å²) in [4.78, 5) is 23.6. The summed E-state index contributed by atoms with van der Waals surface area (Å²) in [6.45, 7) is 46.7. The summed E-state index contributed by atoms with van der Waals surface area (Å²) < 4.78 is 223. The van der Waals surface area contributed by atoms with Crippen LogP contribution in [0, 0.1) is 11.8 Å². The molecule has 0 saturated heterocycles. The van der Waals surface area contributed by atoms with Gasteiger partial charge in [-0.1, -0.05) is 45.7 Å². The van der Waals surface area contributed by atoms with Crippen LogP contribution in [0.2, 0.25) is 0 Å². The van der Waals surface area contributed by atoms with Gasteiger partial charge in [0.05, 0.1) is 535 Å². The SMILES string of the molecule is CC(C)CCCCn1cc(COCCOCCOCCOCCC(=O)NCCOCCOCCOCCOCCOCCOCCOCCOCCOCCOCCOCCOCCOCCOCCOCCOCCOCCOCCOCCOCCOCCOCCOCCOCCOCCOCCOCCOCCOCCOCCOCCOCCOCCOCCOCCOCCC(=O)C(C)C)nn1. The summed E-state index contributed by atoms with van der Waals surface area (Å²) in [6.07, 6.45) is 6.17. The first-order valence-electron chi connectivity index (χ1n) is 51.7. The van der Waals surface area contributed by atoms with E-state index in [1.807, 2.05) is 24.7 Å². The molecule has 0 aliphatic carbocycles. The molecule has 1 rings (SSSR count). The highest BCUT2D eigenvalue weighted by Crippen LogP contribution is 2.08. The lowest BCUT2D eigenvalue weighted by Crippen LogP contribution is -2.28. The zero-order valence-corrected chi connectivity index (χ0v) is 87.7. The highest BCUT2D eigenvalue weighted by atomic mass is 16.6. The predicted molar refractivity (Wildman–Crippen MR) is 522 cm³/mol. The molecule has 0 saturated carbocycles. The molecule has 1 amide bonds. The van der Waals surface area contributed by atoms with Gasteiger partial charge in [-0.3, -0.25) is 14.3 Å². The fraction of sp³-hybridized carbons (Fsp3) is 0.959. The van der Waals surface area contributed by atoms with Crippen LogP contribution in [-0.4, -0.2) is 555 Å². The first-order chi connectivity index (χ1) is 70.9. The van der Waals surface area contributed by atoms with E-state index in [0.717, 1.165) is 24.6 Å². The van der Waals surface area contributed by atoms with E-state index in [-0.39, 0.29) is 24.0 Å². The van der Waals surface area contributed by atoms with E-state index in [4.69, 9.17) is 189 Å². The number of carbonyl (C=O) groups is 2. The second-order valence-electron chi connectivity index (χ2n) is 31.3. The number of aryl methyl sites for hydroxylation is 1. The van der Waals surface area contributed by atoms with Gasteiger partial charge in [0, 0.05) is 31.8 Å². The third-order valence-corrected chi connectivity index (χ3v) is 18.6. The third-order valence-electron chi connectivity index (χ3n) is 18.6. The Hall–Kier alpha value is -3.32. The van der Waals surface area contributed by atoms with Crippen molar-refractivity contribution in [1.82, 2.24) is 20.3 Å². The Kier molecular flexibility index (Phi) is 119. The molecule has 1 aromatic heterocycles. The summed E-state index contributed by atoms with van der Waals surface area (Å²) >= 11 is 0. The zero-order valence-electron chi connectivity index (χ0n) is 87.7. The lowest BCUT2D eigenvalue weighted by Gasteiger charge is -2.09. The van der Waals surface area contributed by atoms with E-state index >= 15 is 0 Å². The maximum Gasteiger partial charge on any atom is 0.222 e. The van der Waals surface area contributed by atoms with Crippen LogP contribution in [0.5, 0.6) is 0 Å². The largest absolute Gasteiger partial charge is 0.379 e. The Bertz CT molecular complexity index is 2510. The second kappa shape index (κ2) is 124. The first-order valence-corrected chi connectivity index (χ1v) is 51.7. The van der Waals surface area contributed by atoms with Crippen molar-refractivity contribution in [2.24, 2.45) is 11.8 Å². The molecule has 0 aromatic carbocycles. The molecule has 1 aromatic rings. The van der Waals surface area contributed by atoms with Gasteiger partial charge in [-0.05, 0) is 12.3 Å². The van der Waals surface area contributed by atoms with Crippen LogP contribution in [0.15, 0.2) is 6.20 Å². The van der Waals surface area contributed by atoms with Crippen LogP contribution in [0.25, 0.3) is 0 Å². The van der Waals surface area contributed by atoms with Crippen molar-refractivity contribution in [2.75, 3.05) is 528 Å². The number of nitrogens with zero attached hydrogens (tertiary/aromatic N) is 3. The molecule has 0 radical (unpaired) electrons. The number of nitrogens with one attached hydrogen (secondary N) is 1. The van der Waals surface area contributed by atoms with Crippen molar-refractivity contribution >= 4 is 11.7 Å². The van der Waals surface area contributed by atoms with Gasteiger partial charge in [0.15, 0.2) is 0 Å². The zero-order chi connectivity index (χ0) is 102. The molecule has 0 aliphatic heterocycles. The van der Waals surface area contributed by atoms with Gasteiger partial charge in [0.25, 0.3) is 0 Å². The average Bonchev–Trinajstić information content (AvgIpc) is 1.80. The van der Waals surface area contributed by atoms with Gasteiger partial charge in [0.2, 0.25) is 5.91 Å². The van der Waals surface area contributed by atoms with Gasteiger partial charge in [-0.15, -0.1) is 5.10 Å². The number of Topliss-reactive ketones (excluding diaryl/α,β-unsaturated/α-hetero) is 1. The minimum atomic E-state index is -0.0987. The number of unbranched alkanes of at least 4 members (excludes halogenated alkanes) is 1. The fourth-order valence-corrected chi connectivity index (χ4v) is 11.0. The van der Waals surface area contributed by atoms with E-state index in [1.54, 1.807) is 0 Å². The smallest absolute Gasteiger partial charge is 0.222 e. The Morgan fingerprint density at radius 2 is 0.378 bits per heavy atom. The number of rotatable bonds is 131. The first kappa shape index (κ1) is 138. The summed E-state index contributed by atoms with van der Waals surface area (Å²) in [6, 6.07) is 0. The van der Waals surface area contributed by atoms with Crippen LogP contribution in [-0.2, 0) is 212 Å². The molecule has 143 heavy (non-hydrogen) atoms. The fourth-order valence-electron chi connectivity index (χ4n) is 11.0. The average molecular weight is 2080 g/mol. The molecule has 0 unspecified atom stereocenters. The molecule has 46 nitrogen and oxygen atoms in total. The van der Waals surface area contributed by atoms with Crippen LogP contribution >= 0.6 is 0 Å². The molecular weight excluding hydrogens is 1890 g/mol. The minimum Gasteiger partial charge on any atom is -0.379 e. The normalized spacial score (nSPS) is 11.9. The number of amides is 1. The van der Waals surface area contributed by atoms with Crippen molar-refractivity contribution < 1.29 is 199 Å². The molecule has 0 atom stereocenters. The molecule has 1 heterocycles. The van der Waals surface area contributed by atoms with Gasteiger partial charge >= 0.3 is 0 Å². The molecule has 0 bridgehead atoms. The number of hydrogen-bond acceptors (Lipinski definition) is 44. The third kappa shape index (κ3) is 120. The van der Waals surface area contributed by atoms with Crippen molar-refractivity contribution in [3.05, 3.63) is 11.9 Å². The molecule has 0 spiro atoms. The van der Waals surface area contributed by atoms with Crippen LogP contribution in [0.3, 0.4) is 0 Å². The lowest BCUT2D eigenvalue weighted by molar-refractivity contribution is -0.123. The van der Waals surface area contributed by atoms with Crippen LogP contribution in [0.1, 0.15) is 65.5 Å². The summed E-state index contributed by atoms with van der Waals surface area (Å²) in [5.74, 6) is 0.884.